The molecular weight excluding hydrogens is 328 g/mol. The van der Waals surface area contributed by atoms with Gasteiger partial charge < -0.3 is 4.74 Å². The minimum atomic E-state index is -0.139. The molecule has 0 N–H and O–H groups in total. The Labute approximate surface area is 134 Å². The number of hydrogen-bond acceptors (Lipinski definition) is 2. The molecule has 0 saturated heterocycles. The second-order valence-corrected chi connectivity index (χ2v) is 5.72. The van der Waals surface area contributed by atoms with Crippen LogP contribution < -0.4 is 4.74 Å². The SMILES string of the molecule is CCOc1ccc(Br)cc1C(=O)C(CC)c1ccccc1. The Morgan fingerprint density at radius 2 is 1.86 bits per heavy atom. The van der Waals surface area contributed by atoms with E-state index in [4.69, 9.17) is 4.74 Å². The highest BCUT2D eigenvalue weighted by Crippen LogP contribution is 2.31. The summed E-state index contributed by atoms with van der Waals surface area (Å²) in [7, 11) is 0. The molecule has 0 aliphatic carbocycles. The van der Waals surface area contributed by atoms with E-state index in [9.17, 15) is 4.79 Å². The fourth-order valence-corrected chi connectivity index (χ4v) is 2.78. The molecule has 0 saturated carbocycles. The predicted octanol–water partition coefficient (Wildman–Crippen LogP) is 5.22. The number of halogens is 1. The molecule has 0 radical (unpaired) electrons. The van der Waals surface area contributed by atoms with Crippen molar-refractivity contribution in [2.24, 2.45) is 0 Å². The van der Waals surface area contributed by atoms with Crippen LogP contribution in [-0.4, -0.2) is 12.4 Å². The lowest BCUT2D eigenvalue weighted by Crippen LogP contribution is -2.14. The van der Waals surface area contributed by atoms with E-state index in [2.05, 4.69) is 15.9 Å². The molecule has 2 aromatic rings. The molecule has 2 rings (SSSR count). The fourth-order valence-electron chi connectivity index (χ4n) is 2.42. The van der Waals surface area contributed by atoms with Crippen molar-refractivity contribution in [3.63, 3.8) is 0 Å². The first-order valence-corrected chi connectivity index (χ1v) is 7.98. The summed E-state index contributed by atoms with van der Waals surface area (Å²) in [5.41, 5.74) is 1.69. The van der Waals surface area contributed by atoms with Crippen LogP contribution in [-0.2, 0) is 0 Å². The van der Waals surface area contributed by atoms with Crippen LogP contribution in [0.15, 0.2) is 53.0 Å². The molecule has 0 aliphatic rings. The van der Waals surface area contributed by atoms with Gasteiger partial charge in [-0.15, -0.1) is 0 Å². The highest BCUT2D eigenvalue weighted by atomic mass is 79.9. The van der Waals surface area contributed by atoms with E-state index >= 15 is 0 Å². The van der Waals surface area contributed by atoms with Crippen LogP contribution in [0.1, 0.15) is 42.1 Å². The summed E-state index contributed by atoms with van der Waals surface area (Å²) in [6.07, 6.45) is 0.765. The van der Waals surface area contributed by atoms with Gasteiger partial charge in [-0.3, -0.25) is 4.79 Å². The summed E-state index contributed by atoms with van der Waals surface area (Å²) in [6, 6.07) is 15.5. The lowest BCUT2D eigenvalue weighted by Gasteiger charge is -2.17. The highest BCUT2D eigenvalue weighted by Gasteiger charge is 2.23. The molecule has 0 bridgehead atoms. The van der Waals surface area contributed by atoms with Crippen LogP contribution in [0.4, 0.5) is 0 Å². The summed E-state index contributed by atoms with van der Waals surface area (Å²) in [4.78, 5) is 12.9. The monoisotopic (exact) mass is 346 g/mol. The van der Waals surface area contributed by atoms with E-state index < -0.39 is 0 Å². The molecule has 1 unspecified atom stereocenters. The Balaban J connectivity index is 2.40. The number of benzene rings is 2. The standard InChI is InChI=1S/C18H19BrO2/c1-3-15(13-8-6-5-7-9-13)18(20)16-12-14(19)10-11-17(16)21-4-2/h5-12,15H,3-4H2,1-2H3. The van der Waals surface area contributed by atoms with Crippen molar-refractivity contribution < 1.29 is 9.53 Å². The van der Waals surface area contributed by atoms with Gasteiger partial charge in [0.1, 0.15) is 5.75 Å². The third kappa shape index (κ3) is 3.73. The normalized spacial score (nSPS) is 12.0. The quantitative estimate of drug-likeness (QED) is 0.670. The van der Waals surface area contributed by atoms with E-state index in [0.29, 0.717) is 17.9 Å². The van der Waals surface area contributed by atoms with Gasteiger partial charge in [-0.25, -0.2) is 0 Å². The summed E-state index contributed by atoms with van der Waals surface area (Å²) >= 11 is 3.44. The maximum Gasteiger partial charge on any atom is 0.174 e. The molecule has 0 aromatic heterocycles. The van der Waals surface area contributed by atoms with Crippen molar-refractivity contribution in [3.8, 4) is 5.75 Å². The van der Waals surface area contributed by atoms with Gasteiger partial charge in [0.2, 0.25) is 0 Å². The van der Waals surface area contributed by atoms with Gasteiger partial charge in [0.15, 0.2) is 5.78 Å². The van der Waals surface area contributed by atoms with E-state index in [1.165, 1.54) is 0 Å². The number of carbonyl (C=O) groups is 1. The van der Waals surface area contributed by atoms with E-state index in [1.54, 1.807) is 0 Å². The molecule has 110 valence electrons. The van der Waals surface area contributed by atoms with Crippen molar-refractivity contribution in [1.82, 2.24) is 0 Å². The molecule has 3 heteroatoms. The largest absolute Gasteiger partial charge is 0.493 e. The maximum absolute atomic E-state index is 12.9. The van der Waals surface area contributed by atoms with Gasteiger partial charge in [-0.1, -0.05) is 53.2 Å². The molecule has 0 aliphatic heterocycles. The van der Waals surface area contributed by atoms with E-state index in [-0.39, 0.29) is 11.7 Å². The van der Waals surface area contributed by atoms with Gasteiger partial charge in [-0.05, 0) is 37.1 Å². The van der Waals surface area contributed by atoms with Gasteiger partial charge in [0.05, 0.1) is 12.2 Å². The van der Waals surface area contributed by atoms with Crippen LogP contribution in [0.2, 0.25) is 0 Å². The van der Waals surface area contributed by atoms with Gasteiger partial charge in [-0.2, -0.15) is 0 Å². The second kappa shape index (κ2) is 7.41. The Morgan fingerprint density at radius 3 is 2.48 bits per heavy atom. The lowest BCUT2D eigenvalue weighted by molar-refractivity contribution is 0.0953. The van der Waals surface area contributed by atoms with Crippen molar-refractivity contribution in [3.05, 3.63) is 64.1 Å². The summed E-state index contributed by atoms with van der Waals surface area (Å²) in [6.45, 7) is 4.50. The number of hydrogen-bond donors (Lipinski definition) is 0. The van der Waals surface area contributed by atoms with Crippen LogP contribution in [0.5, 0.6) is 5.75 Å². The summed E-state index contributed by atoms with van der Waals surface area (Å²) in [5, 5.41) is 0. The molecule has 0 fully saturated rings. The third-order valence-corrected chi connectivity index (χ3v) is 3.93. The van der Waals surface area contributed by atoms with Crippen molar-refractivity contribution in [2.75, 3.05) is 6.61 Å². The first kappa shape index (κ1) is 15.8. The second-order valence-electron chi connectivity index (χ2n) is 4.81. The topological polar surface area (TPSA) is 26.3 Å². The molecule has 1 atom stereocenters. The van der Waals surface area contributed by atoms with Gasteiger partial charge in [0, 0.05) is 10.4 Å². The van der Waals surface area contributed by atoms with Crippen LogP contribution >= 0.6 is 15.9 Å². The Hall–Kier alpha value is -1.61. The average Bonchev–Trinajstić information content (AvgIpc) is 2.51. The zero-order chi connectivity index (χ0) is 15.2. The molecule has 0 heterocycles. The van der Waals surface area contributed by atoms with Crippen LogP contribution in [0.3, 0.4) is 0 Å². The van der Waals surface area contributed by atoms with Gasteiger partial charge >= 0.3 is 0 Å². The average molecular weight is 347 g/mol. The maximum atomic E-state index is 12.9. The third-order valence-electron chi connectivity index (χ3n) is 3.43. The van der Waals surface area contributed by atoms with E-state index in [1.807, 2.05) is 62.4 Å². The van der Waals surface area contributed by atoms with E-state index in [0.717, 1.165) is 16.5 Å². The smallest absolute Gasteiger partial charge is 0.174 e. The molecule has 2 aromatic carbocycles. The molecular formula is C18H19BrO2. The van der Waals surface area contributed by atoms with Crippen LogP contribution in [0, 0.1) is 0 Å². The van der Waals surface area contributed by atoms with Gasteiger partial charge in [0.25, 0.3) is 0 Å². The summed E-state index contributed by atoms with van der Waals surface area (Å²) < 4.78 is 6.49. The Kier molecular flexibility index (Phi) is 5.57. The zero-order valence-electron chi connectivity index (χ0n) is 12.3. The van der Waals surface area contributed by atoms with Crippen molar-refractivity contribution in [2.45, 2.75) is 26.2 Å². The highest BCUT2D eigenvalue weighted by molar-refractivity contribution is 9.10. The summed E-state index contributed by atoms with van der Waals surface area (Å²) in [5.74, 6) is 0.619. The molecule has 0 spiro atoms. The first-order chi connectivity index (χ1) is 10.2. The minimum Gasteiger partial charge on any atom is -0.493 e. The molecule has 2 nitrogen and oxygen atoms in total. The lowest BCUT2D eigenvalue weighted by atomic mass is 9.88. The Bertz CT molecular complexity index is 608. The van der Waals surface area contributed by atoms with Crippen LogP contribution in [0.25, 0.3) is 0 Å². The fraction of sp³-hybridized carbons (Fsp3) is 0.278. The zero-order valence-corrected chi connectivity index (χ0v) is 13.9. The number of carbonyl (C=O) groups excluding carboxylic acids is 1. The number of rotatable bonds is 6. The number of ether oxygens (including phenoxy) is 1. The van der Waals surface area contributed by atoms with Crippen molar-refractivity contribution in [1.29, 1.82) is 0 Å². The number of ketones is 1. The molecule has 21 heavy (non-hydrogen) atoms. The minimum absolute atomic E-state index is 0.105. The first-order valence-electron chi connectivity index (χ1n) is 7.18. The Morgan fingerprint density at radius 1 is 1.14 bits per heavy atom. The van der Waals surface area contributed by atoms with Crippen molar-refractivity contribution >= 4 is 21.7 Å². The molecule has 0 amide bonds. The number of Topliss-reactive ketones (excluding diaryl/α,β-unsaturated/α-hetero) is 1. The predicted molar refractivity (Wildman–Crippen MR) is 89.1 cm³/mol.